The lowest BCUT2D eigenvalue weighted by atomic mass is 10.1. The topological polar surface area (TPSA) is 89.7 Å². The van der Waals surface area contributed by atoms with Gasteiger partial charge in [0.2, 0.25) is 6.17 Å². The van der Waals surface area contributed by atoms with Crippen molar-refractivity contribution in [1.29, 1.82) is 0 Å². The molecule has 2 atom stereocenters. The molecule has 98 valence electrons. The monoisotopic (exact) mass is 257 g/mol. The maximum absolute atomic E-state index is 13.5. The molecule has 1 N–H and O–H groups in total. The number of hydrogen-bond donors (Lipinski definition) is 1. The van der Waals surface area contributed by atoms with Crippen molar-refractivity contribution in [2.45, 2.75) is 19.2 Å². The van der Waals surface area contributed by atoms with E-state index in [4.69, 9.17) is 0 Å². The number of carbonyl (C=O) groups is 1. The van der Waals surface area contributed by atoms with Crippen molar-refractivity contribution in [1.82, 2.24) is 0 Å². The fourth-order valence-corrected chi connectivity index (χ4v) is 1.31. The number of hydrogen-bond acceptors (Lipinski definition) is 5. The van der Waals surface area contributed by atoms with Gasteiger partial charge in [-0.25, -0.2) is 9.18 Å². The molecule has 0 radical (unpaired) electrons. The lowest BCUT2D eigenvalue weighted by Crippen LogP contribution is -2.26. The number of nitro benzene ring substituents is 1. The quantitative estimate of drug-likeness (QED) is 0.490. The number of nitro groups is 1. The summed E-state index contributed by atoms with van der Waals surface area (Å²) in [6.45, 7) is 1.52. The Balaban J connectivity index is 2.80. The van der Waals surface area contributed by atoms with Crippen LogP contribution in [0.2, 0.25) is 0 Å². The average Bonchev–Trinajstić information content (AvgIpc) is 2.37. The summed E-state index contributed by atoms with van der Waals surface area (Å²) in [7, 11) is 0. The highest BCUT2D eigenvalue weighted by atomic mass is 19.1. The minimum absolute atomic E-state index is 0.00619. The molecule has 0 unspecified atom stereocenters. The molecule has 1 aromatic carbocycles. The number of aliphatic hydroxyl groups is 1. The third kappa shape index (κ3) is 3.24. The van der Waals surface area contributed by atoms with Crippen molar-refractivity contribution in [2.75, 3.05) is 6.61 Å². The highest BCUT2D eigenvalue weighted by Gasteiger charge is 2.29. The molecule has 0 spiro atoms. The second-order valence-corrected chi connectivity index (χ2v) is 3.45. The van der Waals surface area contributed by atoms with Crippen LogP contribution in [0.25, 0.3) is 0 Å². The molecule has 0 aromatic heterocycles. The predicted octanol–water partition coefficient (Wildman–Crippen LogP) is 1.53. The first-order chi connectivity index (χ1) is 8.47. The van der Waals surface area contributed by atoms with E-state index in [2.05, 4.69) is 4.74 Å². The van der Waals surface area contributed by atoms with Gasteiger partial charge in [-0.3, -0.25) is 10.1 Å². The second kappa shape index (κ2) is 6.06. The Morgan fingerprint density at radius 1 is 1.50 bits per heavy atom. The molecule has 0 aliphatic rings. The lowest BCUT2D eigenvalue weighted by Gasteiger charge is -2.14. The summed E-state index contributed by atoms with van der Waals surface area (Å²) in [6.07, 6.45) is -3.92. The average molecular weight is 257 g/mol. The molecule has 0 aliphatic carbocycles. The van der Waals surface area contributed by atoms with Gasteiger partial charge in [0.25, 0.3) is 5.69 Å². The molecule has 18 heavy (non-hydrogen) atoms. The van der Waals surface area contributed by atoms with Gasteiger partial charge in [0.15, 0.2) is 0 Å². The van der Waals surface area contributed by atoms with Crippen molar-refractivity contribution >= 4 is 11.7 Å². The summed E-state index contributed by atoms with van der Waals surface area (Å²) in [6, 6.07) is 4.62. The predicted molar refractivity (Wildman–Crippen MR) is 59.6 cm³/mol. The zero-order valence-electron chi connectivity index (χ0n) is 9.58. The molecule has 6 nitrogen and oxygen atoms in total. The van der Waals surface area contributed by atoms with E-state index in [0.29, 0.717) is 0 Å². The van der Waals surface area contributed by atoms with Gasteiger partial charge in [-0.1, -0.05) is 0 Å². The van der Waals surface area contributed by atoms with Gasteiger partial charge in [0, 0.05) is 12.1 Å². The molecule has 0 amide bonds. The van der Waals surface area contributed by atoms with Crippen LogP contribution in [0.5, 0.6) is 0 Å². The molecular weight excluding hydrogens is 245 g/mol. The first-order valence-electron chi connectivity index (χ1n) is 5.20. The standard InChI is InChI=1S/C11H12FNO5/c1-2-18-11(15)9(12)10(14)7-3-5-8(6-4-7)13(16)17/h3-6,9-10,14H,2H2,1H3/t9-,10-/m1/s1. The van der Waals surface area contributed by atoms with E-state index in [-0.39, 0.29) is 17.9 Å². The SMILES string of the molecule is CCOC(=O)[C@H](F)[C@H](O)c1ccc([N+](=O)[O-])cc1. The summed E-state index contributed by atoms with van der Waals surface area (Å²) < 4.78 is 17.9. The van der Waals surface area contributed by atoms with Crippen LogP contribution in [0.1, 0.15) is 18.6 Å². The third-order valence-corrected chi connectivity index (χ3v) is 2.23. The Hall–Kier alpha value is -2.02. The van der Waals surface area contributed by atoms with Crippen LogP contribution in [0.15, 0.2) is 24.3 Å². The molecule has 0 aliphatic heterocycles. The largest absolute Gasteiger partial charge is 0.464 e. The number of aliphatic hydroxyl groups excluding tert-OH is 1. The number of benzene rings is 1. The van der Waals surface area contributed by atoms with E-state index in [0.717, 1.165) is 12.1 Å². The van der Waals surface area contributed by atoms with Gasteiger partial charge in [-0.15, -0.1) is 0 Å². The van der Waals surface area contributed by atoms with Crippen LogP contribution in [0.4, 0.5) is 10.1 Å². The molecule has 0 heterocycles. The number of nitrogens with zero attached hydrogens (tertiary/aromatic N) is 1. The van der Waals surface area contributed by atoms with Crippen molar-refractivity contribution in [3.05, 3.63) is 39.9 Å². The molecule has 1 aromatic rings. The van der Waals surface area contributed by atoms with Gasteiger partial charge in [0.1, 0.15) is 6.10 Å². The van der Waals surface area contributed by atoms with E-state index in [9.17, 15) is 24.4 Å². The minimum Gasteiger partial charge on any atom is -0.464 e. The van der Waals surface area contributed by atoms with Gasteiger partial charge < -0.3 is 9.84 Å². The van der Waals surface area contributed by atoms with Gasteiger partial charge in [0.05, 0.1) is 11.5 Å². The number of alkyl halides is 1. The molecule has 0 saturated carbocycles. The molecule has 0 bridgehead atoms. The van der Waals surface area contributed by atoms with Crippen LogP contribution in [0, 0.1) is 10.1 Å². The van der Waals surface area contributed by atoms with E-state index < -0.39 is 23.2 Å². The number of ether oxygens (including phenoxy) is 1. The fourth-order valence-electron chi connectivity index (χ4n) is 1.31. The second-order valence-electron chi connectivity index (χ2n) is 3.45. The maximum Gasteiger partial charge on any atom is 0.343 e. The molecule has 1 rings (SSSR count). The van der Waals surface area contributed by atoms with Crippen molar-refractivity contribution in [2.24, 2.45) is 0 Å². The molecule has 0 saturated heterocycles. The summed E-state index contributed by atoms with van der Waals surface area (Å²) in [5.74, 6) is -1.16. The first kappa shape index (κ1) is 14.0. The number of rotatable bonds is 5. The summed E-state index contributed by atoms with van der Waals surface area (Å²) in [5, 5.41) is 20.0. The van der Waals surface area contributed by atoms with Gasteiger partial charge >= 0.3 is 5.97 Å². The molecular formula is C11H12FNO5. The fraction of sp³-hybridized carbons (Fsp3) is 0.364. The van der Waals surface area contributed by atoms with E-state index in [1.165, 1.54) is 19.1 Å². The highest BCUT2D eigenvalue weighted by Crippen LogP contribution is 2.22. The van der Waals surface area contributed by atoms with Crippen LogP contribution in [0.3, 0.4) is 0 Å². The highest BCUT2D eigenvalue weighted by molar-refractivity contribution is 5.75. The van der Waals surface area contributed by atoms with Crippen LogP contribution >= 0.6 is 0 Å². The Kier molecular flexibility index (Phi) is 4.73. The number of esters is 1. The number of carbonyl (C=O) groups excluding carboxylic acids is 1. The van der Waals surface area contributed by atoms with Crippen molar-refractivity contribution in [3.63, 3.8) is 0 Å². The lowest BCUT2D eigenvalue weighted by molar-refractivity contribution is -0.384. The summed E-state index contributed by atoms with van der Waals surface area (Å²) >= 11 is 0. The van der Waals surface area contributed by atoms with Crippen molar-refractivity contribution in [3.8, 4) is 0 Å². The zero-order valence-corrected chi connectivity index (χ0v) is 9.58. The number of halogens is 1. The molecule has 0 fully saturated rings. The minimum atomic E-state index is -2.22. The Morgan fingerprint density at radius 2 is 2.06 bits per heavy atom. The Bertz CT molecular complexity index is 434. The summed E-state index contributed by atoms with van der Waals surface area (Å²) in [4.78, 5) is 20.9. The smallest absolute Gasteiger partial charge is 0.343 e. The first-order valence-corrected chi connectivity index (χ1v) is 5.20. The van der Waals surface area contributed by atoms with Crippen LogP contribution in [-0.4, -0.2) is 28.8 Å². The molecule has 7 heteroatoms. The van der Waals surface area contributed by atoms with Crippen LogP contribution < -0.4 is 0 Å². The van der Waals surface area contributed by atoms with Crippen molar-refractivity contribution < 1.29 is 24.0 Å². The van der Waals surface area contributed by atoms with Gasteiger partial charge in [-0.2, -0.15) is 0 Å². The Morgan fingerprint density at radius 3 is 2.50 bits per heavy atom. The summed E-state index contributed by atoms with van der Waals surface area (Å²) in [5.41, 5.74) is -0.112. The zero-order chi connectivity index (χ0) is 13.7. The maximum atomic E-state index is 13.5. The van der Waals surface area contributed by atoms with E-state index >= 15 is 0 Å². The third-order valence-electron chi connectivity index (χ3n) is 2.23. The van der Waals surface area contributed by atoms with E-state index in [1.807, 2.05) is 0 Å². The Labute approximate surface area is 102 Å². The van der Waals surface area contributed by atoms with Gasteiger partial charge in [-0.05, 0) is 24.6 Å². The van der Waals surface area contributed by atoms with E-state index in [1.54, 1.807) is 0 Å². The normalized spacial score (nSPS) is 13.7. The van der Waals surface area contributed by atoms with Crippen LogP contribution in [-0.2, 0) is 9.53 Å². The number of non-ortho nitro benzene ring substituents is 1.